The largest absolute Gasteiger partial charge is 0.494 e. The number of rotatable bonds is 5. The molecule has 3 nitrogen and oxygen atoms in total. The molecule has 0 aromatic heterocycles. The van der Waals surface area contributed by atoms with Gasteiger partial charge in [0.15, 0.2) is 11.6 Å². The lowest BCUT2D eigenvalue weighted by Gasteiger charge is -2.35. The molecule has 1 heterocycles. The van der Waals surface area contributed by atoms with Crippen LogP contribution >= 0.6 is 12.4 Å². The smallest absolute Gasteiger partial charge is 0.172 e. The quantitative estimate of drug-likeness (QED) is 0.902. The first-order valence-electron chi connectivity index (χ1n) is 7.15. The van der Waals surface area contributed by atoms with E-state index in [0.29, 0.717) is 0 Å². The molecule has 0 bridgehead atoms. The number of halogens is 3. The third kappa shape index (κ3) is 4.05. The number of hydrogen-bond donors (Lipinski definition) is 1. The highest BCUT2D eigenvalue weighted by Gasteiger charge is 2.28. The van der Waals surface area contributed by atoms with Crippen LogP contribution in [0.2, 0.25) is 0 Å². The Bertz CT molecular complexity index is 454. The van der Waals surface area contributed by atoms with E-state index in [1.54, 1.807) is 0 Å². The Morgan fingerprint density at radius 1 is 1.29 bits per heavy atom. The maximum absolute atomic E-state index is 14.5. The Kier molecular flexibility index (Phi) is 7.35. The van der Waals surface area contributed by atoms with Crippen molar-refractivity contribution in [3.05, 3.63) is 29.3 Å². The van der Waals surface area contributed by atoms with E-state index in [-0.39, 0.29) is 29.8 Å². The monoisotopic (exact) mass is 320 g/mol. The van der Waals surface area contributed by atoms with Crippen LogP contribution in [0.15, 0.2) is 12.1 Å². The second kappa shape index (κ2) is 8.51. The molecule has 1 saturated heterocycles. The van der Waals surface area contributed by atoms with Crippen molar-refractivity contribution in [2.45, 2.75) is 25.8 Å². The van der Waals surface area contributed by atoms with Crippen molar-refractivity contribution in [3.8, 4) is 5.75 Å². The Balaban J connectivity index is 0.00000220. The molecule has 1 aliphatic heterocycles. The van der Waals surface area contributed by atoms with E-state index in [2.05, 4.69) is 10.2 Å². The minimum Gasteiger partial charge on any atom is -0.494 e. The van der Waals surface area contributed by atoms with Gasteiger partial charge in [0.1, 0.15) is 5.82 Å². The summed E-state index contributed by atoms with van der Waals surface area (Å²) in [4.78, 5) is 2.15. The van der Waals surface area contributed by atoms with Crippen LogP contribution in [0.3, 0.4) is 0 Å². The maximum atomic E-state index is 14.5. The zero-order chi connectivity index (χ0) is 14.5. The predicted octanol–water partition coefficient (Wildman–Crippen LogP) is 3.14. The van der Waals surface area contributed by atoms with Gasteiger partial charge in [-0.05, 0) is 18.6 Å². The molecule has 0 radical (unpaired) electrons. The molecule has 1 aliphatic rings. The molecule has 21 heavy (non-hydrogen) atoms. The van der Waals surface area contributed by atoms with Crippen LogP contribution in [0.4, 0.5) is 8.78 Å². The minimum absolute atomic E-state index is 0. The van der Waals surface area contributed by atoms with Crippen molar-refractivity contribution in [2.24, 2.45) is 0 Å². The fourth-order valence-electron chi connectivity index (χ4n) is 2.79. The summed E-state index contributed by atoms with van der Waals surface area (Å²) >= 11 is 0. The highest BCUT2D eigenvalue weighted by Crippen LogP contribution is 2.34. The zero-order valence-electron chi connectivity index (χ0n) is 12.5. The Hall–Kier alpha value is -0.910. The maximum Gasteiger partial charge on any atom is 0.172 e. The highest BCUT2D eigenvalue weighted by atomic mass is 35.5. The molecular formula is C15H23ClF2N2O. The summed E-state index contributed by atoms with van der Waals surface area (Å²) in [5.74, 6) is -0.942. The van der Waals surface area contributed by atoms with E-state index in [0.717, 1.165) is 39.0 Å². The van der Waals surface area contributed by atoms with Gasteiger partial charge in [0.25, 0.3) is 0 Å². The van der Waals surface area contributed by atoms with Gasteiger partial charge in [0, 0.05) is 37.8 Å². The molecule has 1 atom stereocenters. The molecular weight excluding hydrogens is 298 g/mol. The Labute approximate surface area is 131 Å². The van der Waals surface area contributed by atoms with Crippen molar-refractivity contribution < 1.29 is 13.5 Å². The normalized spacial score (nSPS) is 17.1. The Morgan fingerprint density at radius 2 is 1.95 bits per heavy atom. The number of hydrogen-bond acceptors (Lipinski definition) is 3. The average molecular weight is 321 g/mol. The van der Waals surface area contributed by atoms with Gasteiger partial charge in [-0.1, -0.05) is 13.3 Å². The van der Waals surface area contributed by atoms with Crippen LogP contribution in [-0.2, 0) is 0 Å². The summed E-state index contributed by atoms with van der Waals surface area (Å²) in [6.07, 6.45) is 1.62. The van der Waals surface area contributed by atoms with Gasteiger partial charge < -0.3 is 10.1 Å². The number of piperazine rings is 1. The molecule has 1 aromatic rings. The van der Waals surface area contributed by atoms with Gasteiger partial charge in [0.2, 0.25) is 0 Å². The third-order valence-electron chi connectivity index (χ3n) is 3.80. The van der Waals surface area contributed by atoms with Gasteiger partial charge in [-0.25, -0.2) is 8.78 Å². The van der Waals surface area contributed by atoms with E-state index in [4.69, 9.17) is 4.74 Å². The molecule has 120 valence electrons. The van der Waals surface area contributed by atoms with Crippen LogP contribution in [0.1, 0.15) is 31.4 Å². The van der Waals surface area contributed by atoms with Gasteiger partial charge in [-0.2, -0.15) is 0 Å². The van der Waals surface area contributed by atoms with E-state index >= 15 is 0 Å². The van der Waals surface area contributed by atoms with Crippen molar-refractivity contribution >= 4 is 12.4 Å². The molecule has 1 aromatic carbocycles. The van der Waals surface area contributed by atoms with Crippen LogP contribution in [0.25, 0.3) is 0 Å². The van der Waals surface area contributed by atoms with Crippen LogP contribution < -0.4 is 10.1 Å². The van der Waals surface area contributed by atoms with Crippen molar-refractivity contribution in [2.75, 3.05) is 33.3 Å². The lowest BCUT2D eigenvalue weighted by atomic mass is 9.98. The lowest BCUT2D eigenvalue weighted by Crippen LogP contribution is -2.45. The van der Waals surface area contributed by atoms with Crippen molar-refractivity contribution in [1.82, 2.24) is 10.2 Å². The molecule has 1 N–H and O–H groups in total. The SMILES string of the molecule is CCC[C@H](c1c(F)ccc(OC)c1F)N1CCNCC1.Cl. The predicted molar refractivity (Wildman–Crippen MR) is 82.2 cm³/mol. The summed E-state index contributed by atoms with van der Waals surface area (Å²) in [5.41, 5.74) is 0.146. The molecule has 0 saturated carbocycles. The minimum atomic E-state index is -0.565. The van der Waals surface area contributed by atoms with Gasteiger partial charge in [0.05, 0.1) is 7.11 Å². The molecule has 2 rings (SSSR count). The van der Waals surface area contributed by atoms with Crippen molar-refractivity contribution in [1.29, 1.82) is 0 Å². The summed E-state index contributed by atoms with van der Waals surface area (Å²) in [5, 5.41) is 3.26. The van der Waals surface area contributed by atoms with Gasteiger partial charge in [-0.15, -0.1) is 12.4 Å². The van der Waals surface area contributed by atoms with Crippen LogP contribution in [0.5, 0.6) is 5.75 Å². The molecule has 0 aliphatic carbocycles. The number of ether oxygens (including phenoxy) is 1. The molecule has 1 fully saturated rings. The van der Waals surface area contributed by atoms with E-state index in [1.165, 1.54) is 19.2 Å². The first-order valence-corrected chi connectivity index (χ1v) is 7.15. The molecule has 0 unspecified atom stereocenters. The fraction of sp³-hybridized carbons (Fsp3) is 0.600. The Morgan fingerprint density at radius 3 is 2.52 bits per heavy atom. The van der Waals surface area contributed by atoms with Crippen molar-refractivity contribution in [3.63, 3.8) is 0 Å². The van der Waals surface area contributed by atoms with Crippen LogP contribution in [0, 0.1) is 11.6 Å². The second-order valence-corrected chi connectivity index (χ2v) is 5.07. The van der Waals surface area contributed by atoms with Crippen LogP contribution in [-0.4, -0.2) is 38.2 Å². The summed E-state index contributed by atoms with van der Waals surface area (Å²) in [6, 6.07) is 2.41. The average Bonchev–Trinajstić information content (AvgIpc) is 2.47. The summed E-state index contributed by atoms with van der Waals surface area (Å²) < 4.78 is 33.6. The first-order chi connectivity index (χ1) is 9.69. The number of nitrogens with one attached hydrogen (secondary N) is 1. The zero-order valence-corrected chi connectivity index (χ0v) is 13.3. The lowest BCUT2D eigenvalue weighted by molar-refractivity contribution is 0.157. The second-order valence-electron chi connectivity index (χ2n) is 5.07. The standard InChI is InChI=1S/C15H22F2N2O.ClH/c1-3-4-12(19-9-7-18-8-10-19)14-11(16)5-6-13(20-2)15(14)17;/h5-6,12,18H,3-4,7-10H2,1-2H3;1H/t12-;/m1./s1. The summed E-state index contributed by atoms with van der Waals surface area (Å²) in [6.45, 7) is 5.35. The van der Waals surface area contributed by atoms with E-state index in [9.17, 15) is 8.78 Å². The molecule has 0 amide bonds. The number of benzene rings is 1. The highest BCUT2D eigenvalue weighted by molar-refractivity contribution is 5.85. The molecule has 6 heteroatoms. The van der Waals surface area contributed by atoms with E-state index in [1.807, 2.05) is 6.92 Å². The number of methoxy groups -OCH3 is 1. The summed E-state index contributed by atoms with van der Waals surface area (Å²) in [7, 11) is 1.40. The topological polar surface area (TPSA) is 24.5 Å². The third-order valence-corrected chi connectivity index (χ3v) is 3.80. The molecule has 0 spiro atoms. The van der Waals surface area contributed by atoms with Gasteiger partial charge in [-0.3, -0.25) is 4.90 Å². The fourth-order valence-corrected chi connectivity index (χ4v) is 2.79. The van der Waals surface area contributed by atoms with E-state index < -0.39 is 11.6 Å². The van der Waals surface area contributed by atoms with Gasteiger partial charge >= 0.3 is 0 Å². The number of nitrogens with zero attached hydrogens (tertiary/aromatic N) is 1. The first kappa shape index (κ1) is 18.1.